The first-order chi connectivity index (χ1) is 13.4. The summed E-state index contributed by atoms with van der Waals surface area (Å²) in [6.45, 7) is 3.05. The van der Waals surface area contributed by atoms with E-state index in [4.69, 9.17) is 0 Å². The Labute approximate surface area is 163 Å². The smallest absolute Gasteiger partial charge is 0.244 e. The van der Waals surface area contributed by atoms with Crippen LogP contribution in [0.3, 0.4) is 0 Å². The molecule has 2 aromatic carbocycles. The molecule has 4 rings (SSSR count). The molecular weight excluding hydrogens is 362 g/mol. The van der Waals surface area contributed by atoms with Crippen LogP contribution in [0.4, 0.5) is 14.5 Å². The molecule has 2 heterocycles. The standard InChI is InChI=1S/C22H24F2N2O2/c1-14-2-5-16(12-19(14)23)26-11-9-21(22(26)28)25-10-8-18(20(24)13-25)15-3-6-17(27)7-4-15/h2-7,12,18,20-21,27H,8-11,13H2,1H3/t18-,20+,21?/m1/s1. The third-order valence-corrected chi connectivity index (χ3v) is 5.98. The average molecular weight is 386 g/mol. The van der Waals surface area contributed by atoms with Crippen LogP contribution < -0.4 is 4.90 Å². The number of hydrogen-bond acceptors (Lipinski definition) is 3. The van der Waals surface area contributed by atoms with Crippen molar-refractivity contribution in [1.29, 1.82) is 0 Å². The lowest BCUT2D eigenvalue weighted by atomic mass is 9.87. The van der Waals surface area contributed by atoms with Gasteiger partial charge in [0, 0.05) is 24.7 Å². The molecule has 4 nitrogen and oxygen atoms in total. The fraction of sp³-hybridized carbons (Fsp3) is 0.409. The molecule has 2 aromatic rings. The summed E-state index contributed by atoms with van der Waals surface area (Å²) >= 11 is 0. The van der Waals surface area contributed by atoms with Crippen LogP contribution in [0.15, 0.2) is 42.5 Å². The molecule has 0 bridgehead atoms. The second kappa shape index (κ2) is 7.51. The molecule has 148 valence electrons. The maximum atomic E-state index is 14.9. The average Bonchev–Trinajstić information content (AvgIpc) is 3.06. The van der Waals surface area contributed by atoms with Crippen LogP contribution in [0.1, 0.15) is 29.9 Å². The van der Waals surface area contributed by atoms with Gasteiger partial charge < -0.3 is 10.0 Å². The number of carbonyl (C=O) groups is 1. The highest BCUT2D eigenvalue weighted by molar-refractivity contribution is 5.99. The number of hydrogen-bond donors (Lipinski definition) is 1. The van der Waals surface area contributed by atoms with E-state index in [1.165, 1.54) is 6.07 Å². The molecule has 0 saturated carbocycles. The van der Waals surface area contributed by atoms with Crippen molar-refractivity contribution in [3.05, 3.63) is 59.4 Å². The van der Waals surface area contributed by atoms with Gasteiger partial charge in [-0.15, -0.1) is 0 Å². The zero-order chi connectivity index (χ0) is 19.8. The summed E-state index contributed by atoms with van der Waals surface area (Å²) in [5.41, 5.74) is 1.98. The lowest BCUT2D eigenvalue weighted by Crippen LogP contribution is -2.49. The molecule has 2 fully saturated rings. The number of amides is 1. The van der Waals surface area contributed by atoms with Crippen molar-refractivity contribution in [1.82, 2.24) is 4.90 Å². The second-order valence-electron chi connectivity index (χ2n) is 7.73. The number of rotatable bonds is 3. The van der Waals surface area contributed by atoms with Gasteiger partial charge in [0.2, 0.25) is 5.91 Å². The molecule has 6 heteroatoms. The Balaban J connectivity index is 1.44. The van der Waals surface area contributed by atoms with E-state index < -0.39 is 6.17 Å². The molecule has 2 aliphatic heterocycles. The molecule has 1 unspecified atom stereocenters. The number of alkyl halides is 1. The SMILES string of the molecule is Cc1ccc(N2CCC(N3CC[C@H](c4ccc(O)cc4)[C@@H](F)C3)C2=O)cc1F. The van der Waals surface area contributed by atoms with E-state index >= 15 is 0 Å². The van der Waals surface area contributed by atoms with Gasteiger partial charge in [-0.1, -0.05) is 18.2 Å². The van der Waals surface area contributed by atoms with Crippen molar-refractivity contribution >= 4 is 11.6 Å². The van der Waals surface area contributed by atoms with Crippen molar-refractivity contribution in [3.63, 3.8) is 0 Å². The predicted octanol–water partition coefficient (Wildman–Crippen LogP) is 3.77. The van der Waals surface area contributed by atoms with Gasteiger partial charge in [-0.25, -0.2) is 8.78 Å². The zero-order valence-electron chi connectivity index (χ0n) is 15.8. The van der Waals surface area contributed by atoms with E-state index in [9.17, 15) is 18.7 Å². The Morgan fingerprint density at radius 1 is 1.07 bits per heavy atom. The molecule has 2 aliphatic rings. The number of piperidine rings is 1. The summed E-state index contributed by atoms with van der Waals surface area (Å²) in [6.07, 6.45) is 0.164. The molecule has 0 aliphatic carbocycles. The summed E-state index contributed by atoms with van der Waals surface area (Å²) < 4.78 is 28.8. The van der Waals surface area contributed by atoms with Crippen molar-refractivity contribution < 1.29 is 18.7 Å². The number of likely N-dealkylation sites (tertiary alicyclic amines) is 1. The van der Waals surface area contributed by atoms with E-state index in [0.29, 0.717) is 37.2 Å². The van der Waals surface area contributed by atoms with Gasteiger partial charge in [0.05, 0.1) is 6.04 Å². The monoisotopic (exact) mass is 386 g/mol. The highest BCUT2D eigenvalue weighted by atomic mass is 19.1. The molecule has 0 radical (unpaired) electrons. The lowest BCUT2D eigenvalue weighted by molar-refractivity contribution is -0.122. The second-order valence-corrected chi connectivity index (χ2v) is 7.73. The Bertz CT molecular complexity index is 871. The molecule has 28 heavy (non-hydrogen) atoms. The topological polar surface area (TPSA) is 43.8 Å². The molecular formula is C22H24F2N2O2. The number of nitrogens with zero attached hydrogens (tertiary/aromatic N) is 2. The normalized spacial score (nSPS) is 26.0. The Hall–Kier alpha value is -2.47. The Kier molecular flexibility index (Phi) is 5.06. The molecule has 1 N–H and O–H groups in total. The van der Waals surface area contributed by atoms with E-state index in [0.717, 1.165) is 5.56 Å². The van der Waals surface area contributed by atoms with Gasteiger partial charge in [0.15, 0.2) is 0 Å². The van der Waals surface area contributed by atoms with Gasteiger partial charge >= 0.3 is 0 Å². The minimum atomic E-state index is -1.07. The van der Waals surface area contributed by atoms with Crippen LogP contribution in [-0.4, -0.2) is 47.8 Å². The van der Waals surface area contributed by atoms with Crippen molar-refractivity contribution in [2.45, 2.75) is 37.9 Å². The fourth-order valence-corrected chi connectivity index (χ4v) is 4.32. The first-order valence-corrected chi connectivity index (χ1v) is 9.68. The maximum Gasteiger partial charge on any atom is 0.244 e. The number of phenols is 1. The van der Waals surface area contributed by atoms with Gasteiger partial charge in [-0.2, -0.15) is 0 Å². The van der Waals surface area contributed by atoms with Crippen LogP contribution in [-0.2, 0) is 4.79 Å². The van der Waals surface area contributed by atoms with E-state index in [-0.39, 0.29) is 36.0 Å². The Morgan fingerprint density at radius 2 is 1.82 bits per heavy atom. The number of benzene rings is 2. The number of aromatic hydroxyl groups is 1. The summed E-state index contributed by atoms with van der Waals surface area (Å²) in [4.78, 5) is 16.4. The quantitative estimate of drug-likeness (QED) is 0.873. The first-order valence-electron chi connectivity index (χ1n) is 9.68. The maximum absolute atomic E-state index is 14.9. The summed E-state index contributed by atoms with van der Waals surface area (Å²) in [6, 6.07) is 11.1. The van der Waals surface area contributed by atoms with E-state index in [1.807, 2.05) is 4.90 Å². The Morgan fingerprint density at radius 3 is 2.50 bits per heavy atom. The largest absolute Gasteiger partial charge is 0.508 e. The molecule has 0 aromatic heterocycles. The number of halogens is 2. The zero-order valence-corrected chi connectivity index (χ0v) is 15.8. The summed E-state index contributed by atoms with van der Waals surface area (Å²) in [5, 5.41) is 9.42. The van der Waals surface area contributed by atoms with Crippen molar-refractivity contribution in [3.8, 4) is 5.75 Å². The summed E-state index contributed by atoms with van der Waals surface area (Å²) in [7, 11) is 0. The highest BCUT2D eigenvalue weighted by Gasteiger charge is 2.41. The van der Waals surface area contributed by atoms with E-state index in [1.54, 1.807) is 48.2 Å². The van der Waals surface area contributed by atoms with Crippen LogP contribution in [0.5, 0.6) is 5.75 Å². The number of aryl methyl sites for hydroxylation is 1. The lowest BCUT2D eigenvalue weighted by Gasteiger charge is -2.37. The first kappa shape index (κ1) is 18.9. The minimum absolute atomic E-state index is 0.0847. The van der Waals surface area contributed by atoms with Crippen molar-refractivity contribution in [2.24, 2.45) is 0 Å². The van der Waals surface area contributed by atoms with Gasteiger partial charge in [-0.05, 0) is 61.7 Å². The highest BCUT2D eigenvalue weighted by Crippen LogP contribution is 2.34. The van der Waals surface area contributed by atoms with Crippen molar-refractivity contribution in [2.75, 3.05) is 24.5 Å². The van der Waals surface area contributed by atoms with Crippen LogP contribution >= 0.6 is 0 Å². The molecule has 3 atom stereocenters. The number of carbonyl (C=O) groups excluding carboxylic acids is 1. The van der Waals surface area contributed by atoms with Crippen LogP contribution in [0.25, 0.3) is 0 Å². The van der Waals surface area contributed by atoms with Crippen LogP contribution in [0.2, 0.25) is 0 Å². The molecule has 0 spiro atoms. The summed E-state index contributed by atoms with van der Waals surface area (Å²) in [5.74, 6) is -0.470. The predicted molar refractivity (Wildman–Crippen MR) is 104 cm³/mol. The van der Waals surface area contributed by atoms with Crippen LogP contribution in [0, 0.1) is 12.7 Å². The van der Waals surface area contributed by atoms with E-state index in [2.05, 4.69) is 0 Å². The van der Waals surface area contributed by atoms with Gasteiger partial charge in [0.25, 0.3) is 0 Å². The minimum Gasteiger partial charge on any atom is -0.508 e. The van der Waals surface area contributed by atoms with Gasteiger partial charge in [-0.3, -0.25) is 9.69 Å². The number of anilines is 1. The third kappa shape index (κ3) is 3.49. The number of phenolic OH excluding ortho intramolecular Hbond substituents is 1. The molecule has 2 saturated heterocycles. The third-order valence-electron chi connectivity index (χ3n) is 5.98. The van der Waals surface area contributed by atoms with Gasteiger partial charge in [0.1, 0.15) is 17.7 Å². The fourth-order valence-electron chi connectivity index (χ4n) is 4.32. The molecule has 1 amide bonds.